The first-order valence-electron chi connectivity index (χ1n) is 6.19. The molecule has 1 unspecified atom stereocenters. The van der Waals surface area contributed by atoms with E-state index in [-0.39, 0.29) is 5.69 Å². The fourth-order valence-corrected chi connectivity index (χ4v) is 1.46. The summed E-state index contributed by atoms with van der Waals surface area (Å²) >= 11 is 0. The van der Waals surface area contributed by atoms with Gasteiger partial charge in [0, 0.05) is 5.69 Å². The summed E-state index contributed by atoms with van der Waals surface area (Å²) < 4.78 is 7.65. The van der Waals surface area contributed by atoms with Crippen LogP contribution in [0.25, 0.3) is 0 Å². The zero-order valence-electron chi connectivity index (χ0n) is 11.1. The van der Waals surface area contributed by atoms with Crippen LogP contribution in [0.4, 0.5) is 5.69 Å². The number of hydrogen-bond acceptors (Lipinski definition) is 7. The summed E-state index contributed by atoms with van der Waals surface area (Å²) in [6.45, 7) is -0.815. The maximum absolute atomic E-state index is 9.79. The van der Waals surface area contributed by atoms with Crippen molar-refractivity contribution in [1.29, 1.82) is 0 Å². The van der Waals surface area contributed by atoms with Crippen LogP contribution in [0.2, 0.25) is 1.41 Å². The second-order valence-electron chi connectivity index (χ2n) is 4.10. The largest absolute Gasteiger partial charge is 0.394 e. The highest BCUT2D eigenvalue weighted by Gasteiger charge is 2.34. The van der Waals surface area contributed by atoms with Gasteiger partial charge in [-0.25, -0.2) is 0 Å². The van der Waals surface area contributed by atoms with Crippen molar-refractivity contribution in [2.24, 2.45) is 0 Å². The van der Waals surface area contributed by atoms with Crippen LogP contribution in [-0.4, -0.2) is 67.9 Å². The van der Waals surface area contributed by atoms with E-state index >= 15 is 0 Å². The van der Waals surface area contributed by atoms with Gasteiger partial charge in [-0.3, -0.25) is 0 Å². The van der Waals surface area contributed by atoms with E-state index < -0.39 is 37.3 Å². The van der Waals surface area contributed by atoms with Crippen LogP contribution < -0.4 is 5.31 Å². The average molecular weight is 274 g/mol. The lowest BCUT2D eigenvalue weighted by Crippen LogP contribution is -2.51. The molecule has 0 aliphatic rings. The predicted octanol–water partition coefficient (Wildman–Crippen LogP) is -2.15. The average Bonchev–Trinajstić information content (AvgIpc) is 2.51. The monoisotopic (exact) mass is 274 g/mol. The SMILES string of the molecule is [2H]N(c1ccccc1)C(O)[C@H](O)[C@@H](O)[C@H](O)[C@H](O)CO. The number of aliphatic hydroxyl groups is 6. The van der Waals surface area contributed by atoms with Crippen molar-refractivity contribution in [2.45, 2.75) is 30.6 Å². The van der Waals surface area contributed by atoms with Gasteiger partial charge >= 0.3 is 0 Å². The van der Waals surface area contributed by atoms with E-state index in [9.17, 15) is 20.4 Å². The lowest BCUT2D eigenvalue weighted by atomic mass is 10.0. The van der Waals surface area contributed by atoms with Gasteiger partial charge in [0.2, 0.25) is 0 Å². The lowest BCUT2D eigenvalue weighted by molar-refractivity contribution is -0.135. The summed E-state index contributed by atoms with van der Waals surface area (Å²) in [5.41, 5.74) is 0.267. The van der Waals surface area contributed by atoms with Crippen LogP contribution in [0.1, 0.15) is 0 Å². The van der Waals surface area contributed by atoms with E-state index in [4.69, 9.17) is 11.6 Å². The van der Waals surface area contributed by atoms with Gasteiger partial charge in [0.05, 0.1) is 6.61 Å². The molecule has 0 fully saturated rings. The highest BCUT2D eigenvalue weighted by atomic mass is 16.4. The summed E-state index contributed by atoms with van der Waals surface area (Å²) in [6.07, 6.45) is -9.18. The number of rotatable bonds is 7. The molecule has 0 amide bonds. The number of nitrogens with one attached hydrogen (secondary N) is 1. The molecular formula is C12H19NO6. The van der Waals surface area contributed by atoms with Crippen molar-refractivity contribution in [3.8, 4) is 0 Å². The summed E-state index contributed by atoms with van der Waals surface area (Å²) in [6, 6.07) is 7.96. The molecule has 0 aliphatic heterocycles. The van der Waals surface area contributed by atoms with Crippen LogP contribution in [0.3, 0.4) is 0 Å². The number of aliphatic hydroxyl groups excluding tert-OH is 6. The minimum absolute atomic E-state index is 0.267. The molecule has 108 valence electrons. The summed E-state index contributed by atoms with van der Waals surface area (Å²) in [5, 5.41) is 56.9. The maximum atomic E-state index is 9.79. The Morgan fingerprint density at radius 3 is 2.05 bits per heavy atom. The molecular weight excluding hydrogens is 254 g/mol. The van der Waals surface area contributed by atoms with Crippen molar-refractivity contribution in [3.63, 3.8) is 0 Å². The van der Waals surface area contributed by atoms with Gasteiger partial charge in [0.25, 0.3) is 0 Å². The Hall–Kier alpha value is -1.22. The fraction of sp³-hybridized carbons (Fsp3) is 0.500. The van der Waals surface area contributed by atoms with E-state index in [0.29, 0.717) is 5.31 Å². The third-order valence-corrected chi connectivity index (χ3v) is 2.62. The molecule has 0 bridgehead atoms. The Bertz CT molecular complexity index is 395. The van der Waals surface area contributed by atoms with Gasteiger partial charge in [-0.2, -0.15) is 0 Å². The van der Waals surface area contributed by atoms with Crippen molar-refractivity contribution in [2.75, 3.05) is 11.9 Å². The van der Waals surface area contributed by atoms with Gasteiger partial charge in [-0.15, -0.1) is 0 Å². The first-order valence-corrected chi connectivity index (χ1v) is 5.74. The molecule has 0 heterocycles. The van der Waals surface area contributed by atoms with Crippen LogP contribution in [-0.2, 0) is 0 Å². The number of para-hydroxylation sites is 1. The zero-order valence-corrected chi connectivity index (χ0v) is 10.1. The highest BCUT2D eigenvalue weighted by molar-refractivity contribution is 5.43. The van der Waals surface area contributed by atoms with Crippen molar-refractivity contribution < 1.29 is 32.1 Å². The predicted molar refractivity (Wildman–Crippen MR) is 67.2 cm³/mol. The topological polar surface area (TPSA) is 133 Å². The van der Waals surface area contributed by atoms with E-state index in [1.54, 1.807) is 18.2 Å². The number of anilines is 1. The van der Waals surface area contributed by atoms with E-state index in [1.807, 2.05) is 0 Å². The molecule has 0 saturated carbocycles. The molecule has 0 spiro atoms. The molecule has 0 aromatic heterocycles. The van der Waals surface area contributed by atoms with E-state index in [1.165, 1.54) is 12.1 Å². The highest BCUT2D eigenvalue weighted by Crippen LogP contribution is 2.12. The van der Waals surface area contributed by atoms with E-state index in [0.717, 1.165) is 0 Å². The fourth-order valence-electron chi connectivity index (χ4n) is 1.46. The molecule has 1 aromatic rings. The standard InChI is InChI=1S/C12H19NO6/c14-6-8(15)9(16)10(17)11(18)12(19)13-7-4-2-1-3-5-7/h1-5,8-19H,6H2/t8-,9-,10+,11-,12?/m1/s1/i/hD. The second-order valence-corrected chi connectivity index (χ2v) is 4.10. The molecule has 19 heavy (non-hydrogen) atoms. The summed E-state index contributed by atoms with van der Waals surface area (Å²) in [5.74, 6) is 0. The number of benzene rings is 1. The maximum Gasteiger partial charge on any atom is 0.163 e. The Labute approximate surface area is 111 Å². The van der Waals surface area contributed by atoms with Crippen LogP contribution in [0.5, 0.6) is 0 Å². The Morgan fingerprint density at radius 1 is 0.947 bits per heavy atom. The van der Waals surface area contributed by atoms with Crippen molar-refractivity contribution in [1.82, 2.24) is 0 Å². The molecule has 7 heteroatoms. The smallest absolute Gasteiger partial charge is 0.163 e. The third-order valence-electron chi connectivity index (χ3n) is 2.62. The molecule has 5 atom stereocenters. The minimum Gasteiger partial charge on any atom is -0.394 e. The minimum atomic E-state index is -1.93. The van der Waals surface area contributed by atoms with Crippen LogP contribution in [0.15, 0.2) is 30.3 Å². The van der Waals surface area contributed by atoms with Crippen molar-refractivity contribution in [3.05, 3.63) is 30.3 Å². The number of hydrogen-bond donors (Lipinski definition) is 7. The molecule has 0 saturated heterocycles. The van der Waals surface area contributed by atoms with Crippen molar-refractivity contribution >= 4 is 5.69 Å². The summed E-state index contributed by atoms with van der Waals surface area (Å²) in [7, 11) is 0. The van der Waals surface area contributed by atoms with Gasteiger partial charge < -0.3 is 35.9 Å². The van der Waals surface area contributed by atoms with Crippen LogP contribution >= 0.6 is 0 Å². The third kappa shape index (κ3) is 4.43. The molecule has 1 aromatic carbocycles. The Balaban J connectivity index is 2.73. The Kier molecular flexibility index (Phi) is 5.52. The van der Waals surface area contributed by atoms with Gasteiger partial charge in [-0.05, 0) is 12.1 Å². The Morgan fingerprint density at radius 2 is 1.53 bits per heavy atom. The van der Waals surface area contributed by atoms with Gasteiger partial charge in [-0.1, -0.05) is 18.2 Å². The zero-order chi connectivity index (χ0) is 15.3. The molecule has 0 aliphatic carbocycles. The van der Waals surface area contributed by atoms with Gasteiger partial charge in [0.15, 0.2) is 7.64 Å². The molecule has 7 N–H and O–H groups in total. The molecule has 7 nitrogen and oxygen atoms in total. The van der Waals surface area contributed by atoms with Gasteiger partial charge in [0.1, 0.15) is 24.4 Å². The second kappa shape index (κ2) is 7.39. The first kappa shape index (κ1) is 14.2. The summed E-state index contributed by atoms with van der Waals surface area (Å²) in [4.78, 5) is 0. The molecule has 0 radical (unpaired) electrons. The molecule has 1 rings (SSSR count). The van der Waals surface area contributed by atoms with E-state index in [2.05, 4.69) is 0 Å². The first-order chi connectivity index (χ1) is 9.40. The normalized spacial score (nSPS) is 20.0. The lowest BCUT2D eigenvalue weighted by Gasteiger charge is -2.29. The quantitative estimate of drug-likeness (QED) is 0.282. The van der Waals surface area contributed by atoms with Crippen LogP contribution in [0, 0.1) is 0 Å².